The second-order valence-corrected chi connectivity index (χ2v) is 3.55. The minimum absolute atomic E-state index is 0.167. The SMILES string of the molecule is C#CCOc1c(F)cc(CNCCOC)cc1F. The van der Waals surface area contributed by atoms with Crippen molar-refractivity contribution in [2.24, 2.45) is 0 Å². The van der Waals surface area contributed by atoms with Crippen LogP contribution in [0.25, 0.3) is 0 Å². The molecular weight excluding hydrogens is 240 g/mol. The van der Waals surface area contributed by atoms with E-state index in [2.05, 4.69) is 11.2 Å². The molecule has 0 saturated carbocycles. The monoisotopic (exact) mass is 255 g/mol. The maximum atomic E-state index is 13.5. The van der Waals surface area contributed by atoms with Crippen molar-refractivity contribution in [3.8, 4) is 18.1 Å². The van der Waals surface area contributed by atoms with Gasteiger partial charge >= 0.3 is 0 Å². The largest absolute Gasteiger partial charge is 0.475 e. The van der Waals surface area contributed by atoms with E-state index in [0.717, 1.165) is 0 Å². The van der Waals surface area contributed by atoms with Gasteiger partial charge in [0.2, 0.25) is 0 Å². The van der Waals surface area contributed by atoms with Crippen LogP contribution in [0.3, 0.4) is 0 Å². The summed E-state index contributed by atoms with van der Waals surface area (Å²) in [6, 6.07) is 2.43. The summed E-state index contributed by atoms with van der Waals surface area (Å²) in [5, 5.41) is 2.99. The number of hydrogen-bond donors (Lipinski definition) is 1. The lowest BCUT2D eigenvalue weighted by Gasteiger charge is -2.09. The molecule has 1 N–H and O–H groups in total. The molecule has 3 nitrogen and oxygen atoms in total. The Labute approximate surface area is 105 Å². The molecule has 5 heteroatoms. The summed E-state index contributed by atoms with van der Waals surface area (Å²) >= 11 is 0. The molecule has 1 aromatic carbocycles. The van der Waals surface area contributed by atoms with Crippen LogP contribution in [0.15, 0.2) is 12.1 Å². The molecule has 0 atom stereocenters. The van der Waals surface area contributed by atoms with E-state index in [9.17, 15) is 8.78 Å². The molecule has 0 spiro atoms. The summed E-state index contributed by atoms with van der Waals surface area (Å²) in [6.45, 7) is 1.33. The summed E-state index contributed by atoms with van der Waals surface area (Å²) in [4.78, 5) is 0. The highest BCUT2D eigenvalue weighted by Gasteiger charge is 2.12. The van der Waals surface area contributed by atoms with Crippen molar-refractivity contribution in [3.05, 3.63) is 29.3 Å². The van der Waals surface area contributed by atoms with Crippen molar-refractivity contribution in [2.75, 3.05) is 26.9 Å². The lowest BCUT2D eigenvalue weighted by molar-refractivity contribution is 0.199. The molecule has 0 unspecified atom stereocenters. The topological polar surface area (TPSA) is 30.5 Å². The summed E-state index contributed by atoms with van der Waals surface area (Å²) in [6.07, 6.45) is 4.96. The lowest BCUT2D eigenvalue weighted by atomic mass is 10.2. The van der Waals surface area contributed by atoms with Gasteiger partial charge in [-0.3, -0.25) is 0 Å². The van der Waals surface area contributed by atoms with Crippen LogP contribution in [0.4, 0.5) is 8.78 Å². The Morgan fingerprint density at radius 1 is 1.33 bits per heavy atom. The summed E-state index contributed by atoms with van der Waals surface area (Å²) < 4.78 is 36.7. The van der Waals surface area contributed by atoms with E-state index in [1.165, 1.54) is 12.1 Å². The molecule has 0 aliphatic carbocycles. The van der Waals surface area contributed by atoms with Crippen LogP contribution in [-0.2, 0) is 11.3 Å². The molecule has 0 aliphatic rings. The predicted octanol–water partition coefficient (Wildman–Crippen LogP) is 1.71. The molecule has 0 fully saturated rings. The number of nitrogens with one attached hydrogen (secondary N) is 1. The highest BCUT2D eigenvalue weighted by atomic mass is 19.1. The van der Waals surface area contributed by atoms with Crippen molar-refractivity contribution >= 4 is 0 Å². The maximum absolute atomic E-state index is 13.5. The standard InChI is InChI=1S/C13H15F2NO2/c1-3-5-18-13-11(14)7-10(8-12(13)15)9-16-4-6-17-2/h1,7-8,16H,4-6,9H2,2H3. The first-order valence-corrected chi connectivity index (χ1v) is 5.43. The third kappa shape index (κ3) is 4.32. The molecule has 0 aromatic heterocycles. The van der Waals surface area contributed by atoms with Gasteiger partial charge in [-0.05, 0) is 17.7 Å². The van der Waals surface area contributed by atoms with Crippen molar-refractivity contribution in [3.63, 3.8) is 0 Å². The Bertz CT molecular complexity index is 406. The van der Waals surface area contributed by atoms with Crippen molar-refractivity contribution < 1.29 is 18.3 Å². The fraction of sp³-hybridized carbons (Fsp3) is 0.385. The van der Waals surface area contributed by atoms with Gasteiger partial charge in [0.1, 0.15) is 6.61 Å². The van der Waals surface area contributed by atoms with Gasteiger partial charge in [-0.1, -0.05) is 5.92 Å². The third-order valence-electron chi connectivity index (χ3n) is 2.17. The number of halogens is 2. The third-order valence-corrected chi connectivity index (χ3v) is 2.17. The van der Waals surface area contributed by atoms with Gasteiger partial charge in [0, 0.05) is 20.2 Å². The Hall–Kier alpha value is -1.64. The molecule has 0 bridgehead atoms. The number of ether oxygens (including phenoxy) is 2. The molecule has 0 amide bonds. The molecule has 18 heavy (non-hydrogen) atoms. The second kappa shape index (κ2) is 7.64. The summed E-state index contributed by atoms with van der Waals surface area (Å²) in [5.74, 6) is 0.204. The number of terminal acetylenes is 1. The van der Waals surface area contributed by atoms with E-state index in [1.807, 2.05) is 0 Å². The zero-order valence-electron chi connectivity index (χ0n) is 10.1. The molecule has 0 saturated heterocycles. The Morgan fingerprint density at radius 3 is 2.56 bits per heavy atom. The fourth-order valence-corrected chi connectivity index (χ4v) is 1.37. The number of hydrogen-bond acceptors (Lipinski definition) is 3. The smallest absolute Gasteiger partial charge is 0.192 e. The second-order valence-electron chi connectivity index (χ2n) is 3.55. The van der Waals surface area contributed by atoms with Gasteiger partial charge in [0.25, 0.3) is 0 Å². The first kappa shape index (κ1) is 14.4. The zero-order valence-corrected chi connectivity index (χ0v) is 10.1. The van der Waals surface area contributed by atoms with Gasteiger partial charge in [0.15, 0.2) is 17.4 Å². The molecule has 1 aromatic rings. The zero-order chi connectivity index (χ0) is 13.4. The van der Waals surface area contributed by atoms with Crippen LogP contribution in [0.2, 0.25) is 0 Å². The Morgan fingerprint density at radius 2 is 2.00 bits per heavy atom. The van der Waals surface area contributed by atoms with Crippen LogP contribution < -0.4 is 10.1 Å². The minimum atomic E-state index is -0.756. The average molecular weight is 255 g/mol. The number of rotatable bonds is 7. The molecule has 0 heterocycles. The van der Waals surface area contributed by atoms with E-state index < -0.39 is 17.4 Å². The van der Waals surface area contributed by atoms with E-state index in [4.69, 9.17) is 15.9 Å². The van der Waals surface area contributed by atoms with Crippen LogP contribution in [0.5, 0.6) is 5.75 Å². The van der Waals surface area contributed by atoms with E-state index in [-0.39, 0.29) is 6.61 Å². The summed E-state index contributed by atoms with van der Waals surface area (Å²) in [7, 11) is 1.58. The summed E-state index contributed by atoms with van der Waals surface area (Å²) in [5.41, 5.74) is 0.495. The number of benzene rings is 1. The van der Waals surface area contributed by atoms with Gasteiger partial charge in [-0.2, -0.15) is 0 Å². The minimum Gasteiger partial charge on any atom is -0.475 e. The fourth-order valence-electron chi connectivity index (χ4n) is 1.37. The first-order valence-electron chi connectivity index (χ1n) is 5.43. The van der Waals surface area contributed by atoms with Gasteiger partial charge < -0.3 is 14.8 Å². The van der Waals surface area contributed by atoms with Crippen molar-refractivity contribution in [1.29, 1.82) is 0 Å². The predicted molar refractivity (Wildman–Crippen MR) is 64.3 cm³/mol. The number of methoxy groups -OCH3 is 1. The highest BCUT2D eigenvalue weighted by Crippen LogP contribution is 2.23. The molecular formula is C13H15F2NO2. The Kier molecular flexibility index (Phi) is 6.12. The first-order chi connectivity index (χ1) is 8.69. The van der Waals surface area contributed by atoms with Gasteiger partial charge in [-0.15, -0.1) is 6.42 Å². The molecule has 0 radical (unpaired) electrons. The molecule has 98 valence electrons. The van der Waals surface area contributed by atoms with Crippen molar-refractivity contribution in [2.45, 2.75) is 6.54 Å². The average Bonchev–Trinajstić information content (AvgIpc) is 2.34. The maximum Gasteiger partial charge on any atom is 0.192 e. The van der Waals surface area contributed by atoms with Crippen LogP contribution in [-0.4, -0.2) is 26.9 Å². The quantitative estimate of drug-likeness (QED) is 0.594. The molecule has 1 rings (SSSR count). The Balaban J connectivity index is 2.64. The normalized spacial score (nSPS) is 10.1. The van der Waals surface area contributed by atoms with Gasteiger partial charge in [0.05, 0.1) is 6.61 Å². The molecule has 0 aliphatic heterocycles. The van der Waals surface area contributed by atoms with Gasteiger partial charge in [-0.25, -0.2) is 8.78 Å². The highest BCUT2D eigenvalue weighted by molar-refractivity contribution is 5.31. The van der Waals surface area contributed by atoms with Crippen LogP contribution >= 0.6 is 0 Å². The van der Waals surface area contributed by atoms with E-state index in [0.29, 0.717) is 25.3 Å². The van der Waals surface area contributed by atoms with E-state index >= 15 is 0 Å². The lowest BCUT2D eigenvalue weighted by Crippen LogP contribution is -2.18. The van der Waals surface area contributed by atoms with Crippen LogP contribution in [0.1, 0.15) is 5.56 Å². The van der Waals surface area contributed by atoms with E-state index in [1.54, 1.807) is 7.11 Å². The van der Waals surface area contributed by atoms with Crippen molar-refractivity contribution in [1.82, 2.24) is 5.32 Å². The van der Waals surface area contributed by atoms with Crippen LogP contribution in [0, 0.1) is 24.0 Å².